The number of piperidine rings is 1. The van der Waals surface area contributed by atoms with Crippen LogP contribution in [0.15, 0.2) is 28.9 Å². The minimum atomic E-state index is -0.474. The third kappa shape index (κ3) is 4.09. The zero-order valence-electron chi connectivity index (χ0n) is 15.7. The largest absolute Gasteiger partial charge is 0.444 e. The van der Waals surface area contributed by atoms with Crippen LogP contribution >= 0.6 is 15.9 Å². The SMILES string of the molecule is CN(C(=O)OC(C)(C)C)C1CCN(c2nnc(Br)c3ccccc23)CC1. The molecule has 0 aliphatic carbocycles. The molecule has 2 aromatic rings. The van der Waals surface area contributed by atoms with Crippen molar-refractivity contribution in [1.29, 1.82) is 0 Å². The number of carbonyl (C=O) groups is 1. The Kier molecular flexibility index (Phi) is 5.37. The number of aromatic nitrogens is 2. The van der Waals surface area contributed by atoms with Gasteiger partial charge in [0.25, 0.3) is 0 Å². The molecule has 26 heavy (non-hydrogen) atoms. The number of halogens is 1. The number of benzene rings is 1. The van der Waals surface area contributed by atoms with Crippen LogP contribution in [0.25, 0.3) is 10.8 Å². The van der Waals surface area contributed by atoms with Gasteiger partial charge in [0.1, 0.15) is 10.2 Å². The molecular weight excluding hydrogens is 396 g/mol. The number of nitrogens with zero attached hydrogens (tertiary/aromatic N) is 4. The van der Waals surface area contributed by atoms with Crippen molar-refractivity contribution in [2.45, 2.75) is 45.3 Å². The monoisotopic (exact) mass is 420 g/mol. The molecule has 2 heterocycles. The average molecular weight is 421 g/mol. The molecule has 0 radical (unpaired) electrons. The van der Waals surface area contributed by atoms with Crippen molar-refractivity contribution in [3.05, 3.63) is 28.9 Å². The van der Waals surface area contributed by atoms with Crippen molar-refractivity contribution in [2.24, 2.45) is 0 Å². The van der Waals surface area contributed by atoms with Crippen molar-refractivity contribution in [1.82, 2.24) is 15.1 Å². The van der Waals surface area contributed by atoms with E-state index in [1.165, 1.54) is 0 Å². The number of rotatable bonds is 2. The molecule has 7 heteroatoms. The first kappa shape index (κ1) is 18.9. The minimum Gasteiger partial charge on any atom is -0.444 e. The Hall–Kier alpha value is -1.89. The van der Waals surface area contributed by atoms with E-state index in [2.05, 4.69) is 37.1 Å². The molecule has 1 aromatic carbocycles. The molecule has 1 fully saturated rings. The summed E-state index contributed by atoms with van der Waals surface area (Å²) in [7, 11) is 1.82. The molecule has 0 spiro atoms. The summed E-state index contributed by atoms with van der Waals surface area (Å²) in [5.41, 5.74) is -0.474. The standard InChI is InChI=1S/C19H25BrN4O2/c1-19(2,3)26-18(25)23(4)13-9-11-24(12-10-13)17-15-8-6-5-7-14(15)16(20)21-22-17/h5-8,13H,9-12H2,1-4H3. The Morgan fingerprint density at radius 1 is 1.19 bits per heavy atom. The number of hydrogen-bond acceptors (Lipinski definition) is 5. The molecule has 0 N–H and O–H groups in total. The predicted octanol–water partition coefficient (Wildman–Crippen LogP) is 4.23. The van der Waals surface area contributed by atoms with E-state index in [0.717, 1.165) is 47.1 Å². The smallest absolute Gasteiger partial charge is 0.410 e. The number of ether oxygens (including phenoxy) is 1. The first-order valence-corrected chi connectivity index (χ1v) is 9.67. The molecule has 140 valence electrons. The van der Waals surface area contributed by atoms with E-state index in [4.69, 9.17) is 4.74 Å². The maximum absolute atomic E-state index is 12.3. The highest BCUT2D eigenvalue weighted by atomic mass is 79.9. The van der Waals surface area contributed by atoms with Crippen molar-refractivity contribution < 1.29 is 9.53 Å². The third-order valence-corrected chi connectivity index (χ3v) is 5.20. The Morgan fingerprint density at radius 2 is 1.81 bits per heavy atom. The summed E-state index contributed by atoms with van der Waals surface area (Å²) < 4.78 is 6.24. The van der Waals surface area contributed by atoms with Crippen LogP contribution in [0.2, 0.25) is 0 Å². The van der Waals surface area contributed by atoms with Gasteiger partial charge in [0.15, 0.2) is 5.82 Å². The van der Waals surface area contributed by atoms with E-state index in [-0.39, 0.29) is 12.1 Å². The Bertz CT molecular complexity index is 798. The van der Waals surface area contributed by atoms with Crippen LogP contribution in [-0.4, -0.2) is 53.0 Å². The lowest BCUT2D eigenvalue weighted by Gasteiger charge is -2.37. The fourth-order valence-electron chi connectivity index (χ4n) is 3.24. The van der Waals surface area contributed by atoms with Gasteiger partial charge < -0.3 is 14.5 Å². The van der Waals surface area contributed by atoms with Gasteiger partial charge in [0.2, 0.25) is 0 Å². The summed E-state index contributed by atoms with van der Waals surface area (Å²) in [5, 5.41) is 10.8. The first-order chi connectivity index (χ1) is 12.3. The van der Waals surface area contributed by atoms with Gasteiger partial charge in [0.05, 0.1) is 0 Å². The Labute approximate surface area is 162 Å². The molecule has 3 rings (SSSR count). The Morgan fingerprint density at radius 3 is 2.42 bits per heavy atom. The molecule has 1 aliphatic rings. The quantitative estimate of drug-likeness (QED) is 0.727. The lowest BCUT2D eigenvalue weighted by atomic mass is 10.0. The molecule has 1 aliphatic heterocycles. The molecule has 0 saturated carbocycles. The summed E-state index contributed by atoms with van der Waals surface area (Å²) in [6.45, 7) is 7.33. The summed E-state index contributed by atoms with van der Waals surface area (Å²) in [4.78, 5) is 16.3. The fourth-order valence-corrected chi connectivity index (χ4v) is 3.66. The Balaban J connectivity index is 1.70. The maximum Gasteiger partial charge on any atom is 0.410 e. The van der Waals surface area contributed by atoms with Crippen LogP contribution in [0.5, 0.6) is 0 Å². The van der Waals surface area contributed by atoms with Crippen molar-refractivity contribution >= 4 is 38.6 Å². The summed E-state index contributed by atoms with van der Waals surface area (Å²) in [6, 6.07) is 8.31. The summed E-state index contributed by atoms with van der Waals surface area (Å²) in [5.74, 6) is 0.905. The van der Waals surface area contributed by atoms with E-state index in [0.29, 0.717) is 0 Å². The van der Waals surface area contributed by atoms with E-state index in [1.54, 1.807) is 4.90 Å². The van der Waals surface area contributed by atoms with E-state index < -0.39 is 5.60 Å². The maximum atomic E-state index is 12.3. The van der Waals surface area contributed by atoms with Crippen LogP contribution in [0.3, 0.4) is 0 Å². The first-order valence-electron chi connectivity index (χ1n) is 8.88. The third-order valence-electron chi connectivity index (χ3n) is 4.62. The average Bonchev–Trinajstić information content (AvgIpc) is 2.60. The highest BCUT2D eigenvalue weighted by Crippen LogP contribution is 2.30. The fraction of sp³-hybridized carbons (Fsp3) is 0.526. The van der Waals surface area contributed by atoms with Gasteiger partial charge >= 0.3 is 6.09 Å². The molecule has 0 bridgehead atoms. The summed E-state index contributed by atoms with van der Waals surface area (Å²) in [6.07, 6.45) is 1.49. The lowest BCUT2D eigenvalue weighted by molar-refractivity contribution is 0.0201. The zero-order valence-corrected chi connectivity index (χ0v) is 17.3. The second-order valence-electron chi connectivity index (χ2n) is 7.67. The summed E-state index contributed by atoms with van der Waals surface area (Å²) >= 11 is 3.47. The van der Waals surface area contributed by atoms with E-state index in [1.807, 2.05) is 46.0 Å². The van der Waals surface area contributed by atoms with Crippen molar-refractivity contribution in [2.75, 3.05) is 25.0 Å². The van der Waals surface area contributed by atoms with Crippen LogP contribution in [0.4, 0.5) is 10.6 Å². The molecule has 1 saturated heterocycles. The van der Waals surface area contributed by atoms with Gasteiger partial charge in [0, 0.05) is 37.0 Å². The van der Waals surface area contributed by atoms with Crippen LogP contribution < -0.4 is 4.90 Å². The molecule has 0 unspecified atom stereocenters. The number of anilines is 1. The van der Waals surface area contributed by atoms with Crippen molar-refractivity contribution in [3.63, 3.8) is 0 Å². The number of amides is 1. The van der Waals surface area contributed by atoms with E-state index >= 15 is 0 Å². The van der Waals surface area contributed by atoms with Gasteiger partial charge in [-0.2, -0.15) is 0 Å². The predicted molar refractivity (Wildman–Crippen MR) is 106 cm³/mol. The number of fused-ring (bicyclic) bond motifs is 1. The topological polar surface area (TPSA) is 58.6 Å². The normalized spacial score (nSPS) is 16.0. The molecule has 6 nitrogen and oxygen atoms in total. The van der Waals surface area contributed by atoms with Gasteiger partial charge in [-0.3, -0.25) is 0 Å². The van der Waals surface area contributed by atoms with Gasteiger partial charge in [-0.1, -0.05) is 24.3 Å². The van der Waals surface area contributed by atoms with Gasteiger partial charge in [-0.25, -0.2) is 4.79 Å². The zero-order chi connectivity index (χ0) is 18.9. The van der Waals surface area contributed by atoms with Crippen LogP contribution in [0, 0.1) is 0 Å². The van der Waals surface area contributed by atoms with Crippen LogP contribution in [0.1, 0.15) is 33.6 Å². The lowest BCUT2D eigenvalue weighted by Crippen LogP contribution is -2.47. The highest BCUT2D eigenvalue weighted by Gasteiger charge is 2.29. The molecule has 0 atom stereocenters. The highest BCUT2D eigenvalue weighted by molar-refractivity contribution is 9.10. The number of carbonyl (C=O) groups excluding carboxylic acids is 1. The van der Waals surface area contributed by atoms with Crippen LogP contribution in [-0.2, 0) is 4.74 Å². The second kappa shape index (κ2) is 7.39. The number of hydrogen-bond donors (Lipinski definition) is 0. The van der Waals surface area contributed by atoms with Crippen molar-refractivity contribution in [3.8, 4) is 0 Å². The minimum absolute atomic E-state index is 0.177. The van der Waals surface area contributed by atoms with E-state index in [9.17, 15) is 4.79 Å². The molecule has 1 amide bonds. The van der Waals surface area contributed by atoms with Gasteiger partial charge in [-0.15, -0.1) is 10.2 Å². The molecular formula is C19H25BrN4O2. The second-order valence-corrected chi connectivity index (χ2v) is 8.42. The van der Waals surface area contributed by atoms with Gasteiger partial charge in [-0.05, 0) is 49.5 Å². The molecule has 1 aromatic heterocycles.